The normalized spacial score (nSPS) is 15.3. The third-order valence-electron chi connectivity index (χ3n) is 4.62. The predicted molar refractivity (Wildman–Crippen MR) is 105 cm³/mol. The molecular formula is C23H19NO4. The fourth-order valence-electron chi connectivity index (χ4n) is 3.27. The van der Waals surface area contributed by atoms with Gasteiger partial charge < -0.3 is 9.47 Å². The lowest BCUT2D eigenvalue weighted by atomic mass is 10.0. The molecule has 0 saturated heterocycles. The summed E-state index contributed by atoms with van der Waals surface area (Å²) in [7, 11) is 0. The molecule has 28 heavy (non-hydrogen) atoms. The van der Waals surface area contributed by atoms with E-state index < -0.39 is 5.97 Å². The van der Waals surface area contributed by atoms with Crippen molar-refractivity contribution < 1.29 is 19.1 Å². The highest BCUT2D eigenvalue weighted by Crippen LogP contribution is 2.39. The van der Waals surface area contributed by atoms with Gasteiger partial charge in [0.25, 0.3) is 5.91 Å². The second kappa shape index (κ2) is 7.96. The smallest absolute Gasteiger partial charge is 0.338 e. The molecule has 0 radical (unpaired) electrons. The van der Waals surface area contributed by atoms with E-state index >= 15 is 0 Å². The molecule has 5 nitrogen and oxygen atoms in total. The monoisotopic (exact) mass is 373 g/mol. The van der Waals surface area contributed by atoms with E-state index in [-0.39, 0.29) is 18.6 Å². The van der Waals surface area contributed by atoms with E-state index in [1.165, 1.54) is 0 Å². The van der Waals surface area contributed by atoms with Crippen LogP contribution in [0.15, 0.2) is 84.9 Å². The summed E-state index contributed by atoms with van der Waals surface area (Å²) < 4.78 is 11.1. The Morgan fingerprint density at radius 2 is 1.54 bits per heavy atom. The van der Waals surface area contributed by atoms with Crippen LogP contribution in [-0.2, 0) is 9.53 Å². The molecule has 0 saturated carbocycles. The Hall–Kier alpha value is -3.60. The molecule has 5 heteroatoms. The summed E-state index contributed by atoms with van der Waals surface area (Å²) >= 11 is 0. The standard InChI is InChI=1S/C23H19NO4/c25-22(16-28-23(26)18-11-5-2-6-12-18)24-19-13-7-8-14-21(19)27-15-20(24)17-9-3-1-4-10-17/h1-14,20H,15-16H2. The first-order valence-electron chi connectivity index (χ1n) is 9.05. The maximum absolute atomic E-state index is 13.1. The summed E-state index contributed by atoms with van der Waals surface area (Å²) in [6.07, 6.45) is 0. The highest BCUT2D eigenvalue weighted by atomic mass is 16.5. The minimum Gasteiger partial charge on any atom is -0.489 e. The molecule has 0 N–H and O–H groups in total. The molecule has 4 rings (SSSR count). The first-order valence-corrected chi connectivity index (χ1v) is 9.05. The average Bonchev–Trinajstić information content (AvgIpc) is 2.77. The van der Waals surface area contributed by atoms with Crippen molar-refractivity contribution in [2.45, 2.75) is 6.04 Å². The molecule has 0 aliphatic carbocycles. The molecule has 0 spiro atoms. The van der Waals surface area contributed by atoms with Crippen molar-refractivity contribution >= 4 is 17.6 Å². The van der Waals surface area contributed by atoms with Gasteiger partial charge >= 0.3 is 5.97 Å². The summed E-state index contributed by atoms with van der Waals surface area (Å²) in [5.74, 6) is -0.182. The quantitative estimate of drug-likeness (QED) is 0.649. The number of anilines is 1. The lowest BCUT2D eigenvalue weighted by Crippen LogP contribution is -2.43. The molecule has 1 aliphatic rings. The molecular weight excluding hydrogens is 354 g/mol. The molecule has 0 fully saturated rings. The maximum atomic E-state index is 13.1. The number of hydrogen-bond acceptors (Lipinski definition) is 4. The summed E-state index contributed by atoms with van der Waals surface area (Å²) in [6, 6.07) is 25.4. The molecule has 1 atom stereocenters. The van der Waals surface area contributed by atoms with Gasteiger partial charge in [0.2, 0.25) is 0 Å². The highest BCUT2D eigenvalue weighted by Gasteiger charge is 2.33. The number of nitrogens with zero attached hydrogens (tertiary/aromatic N) is 1. The SMILES string of the molecule is O=C(OCC(=O)N1c2ccccc2OCC1c1ccccc1)c1ccccc1. The lowest BCUT2D eigenvalue weighted by Gasteiger charge is -2.37. The third kappa shape index (κ3) is 3.60. The third-order valence-corrected chi connectivity index (χ3v) is 4.62. The molecule has 1 amide bonds. The molecule has 1 unspecified atom stereocenters. The van der Waals surface area contributed by atoms with Gasteiger partial charge in [-0.3, -0.25) is 9.69 Å². The molecule has 3 aromatic rings. The van der Waals surface area contributed by atoms with E-state index in [4.69, 9.17) is 9.47 Å². The Labute approximate surface area is 163 Å². The van der Waals surface area contributed by atoms with Crippen LogP contribution in [-0.4, -0.2) is 25.1 Å². The van der Waals surface area contributed by atoms with E-state index in [1.807, 2.05) is 60.7 Å². The number of rotatable bonds is 4. The number of fused-ring (bicyclic) bond motifs is 1. The van der Waals surface area contributed by atoms with Crippen LogP contribution in [0.2, 0.25) is 0 Å². The second-order valence-corrected chi connectivity index (χ2v) is 6.41. The highest BCUT2D eigenvalue weighted by molar-refractivity contribution is 5.99. The van der Waals surface area contributed by atoms with Crippen LogP contribution in [0.3, 0.4) is 0 Å². The molecule has 1 aliphatic heterocycles. The molecule has 3 aromatic carbocycles. The molecule has 1 heterocycles. The largest absolute Gasteiger partial charge is 0.489 e. The summed E-state index contributed by atoms with van der Waals surface area (Å²) in [6.45, 7) is -0.00913. The Morgan fingerprint density at radius 3 is 2.29 bits per heavy atom. The van der Waals surface area contributed by atoms with E-state index in [0.29, 0.717) is 23.6 Å². The number of ether oxygens (including phenoxy) is 2. The van der Waals surface area contributed by atoms with E-state index in [2.05, 4.69) is 0 Å². The fourth-order valence-corrected chi connectivity index (χ4v) is 3.27. The summed E-state index contributed by atoms with van der Waals surface area (Å²) in [5, 5.41) is 0. The molecule has 140 valence electrons. The summed E-state index contributed by atoms with van der Waals surface area (Å²) in [5.41, 5.74) is 2.04. The van der Waals surface area contributed by atoms with Crippen LogP contribution in [0.4, 0.5) is 5.69 Å². The van der Waals surface area contributed by atoms with Gasteiger partial charge in [0.15, 0.2) is 6.61 Å². The number of benzene rings is 3. The van der Waals surface area contributed by atoms with E-state index in [9.17, 15) is 9.59 Å². The van der Waals surface area contributed by atoms with Crippen molar-refractivity contribution in [3.05, 3.63) is 96.1 Å². The minimum atomic E-state index is -0.522. The van der Waals surface area contributed by atoms with Crippen LogP contribution < -0.4 is 9.64 Å². The van der Waals surface area contributed by atoms with E-state index in [0.717, 1.165) is 5.56 Å². The molecule has 0 bridgehead atoms. The van der Waals surface area contributed by atoms with Crippen molar-refractivity contribution in [3.63, 3.8) is 0 Å². The van der Waals surface area contributed by atoms with Gasteiger partial charge in [-0.15, -0.1) is 0 Å². The molecule has 0 aromatic heterocycles. The average molecular weight is 373 g/mol. The van der Waals surface area contributed by atoms with Gasteiger partial charge in [-0.2, -0.15) is 0 Å². The van der Waals surface area contributed by atoms with Crippen LogP contribution >= 0.6 is 0 Å². The van der Waals surface area contributed by atoms with Gasteiger partial charge in [-0.25, -0.2) is 4.79 Å². The number of esters is 1. The predicted octanol–water partition coefficient (Wildman–Crippen LogP) is 4.01. The minimum absolute atomic E-state index is 0.293. The zero-order valence-electron chi connectivity index (χ0n) is 15.2. The zero-order valence-corrected chi connectivity index (χ0v) is 15.2. The Balaban J connectivity index is 1.58. The van der Waals surface area contributed by atoms with Crippen molar-refractivity contribution in [1.29, 1.82) is 0 Å². The van der Waals surface area contributed by atoms with Gasteiger partial charge in [-0.05, 0) is 29.8 Å². The maximum Gasteiger partial charge on any atom is 0.338 e. The number of carbonyl (C=O) groups is 2. The van der Waals surface area contributed by atoms with Crippen molar-refractivity contribution in [3.8, 4) is 5.75 Å². The van der Waals surface area contributed by atoms with Gasteiger partial charge in [0, 0.05) is 0 Å². The van der Waals surface area contributed by atoms with Crippen LogP contribution in [0.25, 0.3) is 0 Å². The lowest BCUT2D eigenvalue weighted by molar-refractivity contribution is -0.122. The van der Waals surface area contributed by atoms with Crippen LogP contribution in [0.1, 0.15) is 22.0 Å². The Morgan fingerprint density at radius 1 is 0.893 bits per heavy atom. The number of para-hydroxylation sites is 2. The zero-order chi connectivity index (χ0) is 19.3. The number of hydrogen-bond donors (Lipinski definition) is 0. The van der Waals surface area contributed by atoms with Gasteiger partial charge in [0.1, 0.15) is 12.4 Å². The Bertz CT molecular complexity index is 972. The first kappa shape index (κ1) is 17.8. The van der Waals surface area contributed by atoms with Gasteiger partial charge in [0.05, 0.1) is 17.3 Å². The van der Waals surface area contributed by atoms with E-state index in [1.54, 1.807) is 29.2 Å². The first-order chi connectivity index (χ1) is 13.7. The van der Waals surface area contributed by atoms with Crippen LogP contribution in [0, 0.1) is 0 Å². The fraction of sp³-hybridized carbons (Fsp3) is 0.130. The Kier molecular flexibility index (Phi) is 5.06. The topological polar surface area (TPSA) is 55.8 Å². The van der Waals surface area contributed by atoms with Gasteiger partial charge in [-0.1, -0.05) is 60.7 Å². The second-order valence-electron chi connectivity index (χ2n) is 6.41. The summed E-state index contributed by atoms with van der Waals surface area (Å²) in [4.78, 5) is 26.9. The number of carbonyl (C=O) groups excluding carboxylic acids is 2. The van der Waals surface area contributed by atoms with Crippen LogP contribution in [0.5, 0.6) is 5.75 Å². The van der Waals surface area contributed by atoms with Crippen molar-refractivity contribution in [2.24, 2.45) is 0 Å². The van der Waals surface area contributed by atoms with Crippen molar-refractivity contribution in [2.75, 3.05) is 18.1 Å². The van der Waals surface area contributed by atoms with Crippen molar-refractivity contribution in [1.82, 2.24) is 0 Å². The number of amides is 1.